The summed E-state index contributed by atoms with van der Waals surface area (Å²) >= 11 is 0. The highest BCUT2D eigenvalue weighted by atomic mass is 19.1. The number of rotatable bonds is 2. The Bertz CT molecular complexity index is 361. The average molecular weight is 212 g/mol. The van der Waals surface area contributed by atoms with Crippen molar-refractivity contribution in [2.45, 2.75) is 26.4 Å². The maximum Gasteiger partial charge on any atom is 0.279 e. The molecule has 0 atom stereocenters. The molecule has 0 unspecified atom stereocenters. The highest BCUT2D eigenvalue weighted by Gasteiger charge is 2.16. The van der Waals surface area contributed by atoms with Crippen LogP contribution in [-0.4, -0.2) is 16.5 Å². The van der Waals surface area contributed by atoms with E-state index in [0.717, 1.165) is 0 Å². The van der Waals surface area contributed by atoms with E-state index in [1.54, 1.807) is 20.8 Å². The van der Waals surface area contributed by atoms with Crippen LogP contribution in [0, 0.1) is 5.95 Å². The van der Waals surface area contributed by atoms with Crippen LogP contribution in [0.3, 0.4) is 0 Å². The average Bonchev–Trinajstić information content (AvgIpc) is 2.14. The van der Waals surface area contributed by atoms with Gasteiger partial charge in [0.25, 0.3) is 5.91 Å². The van der Waals surface area contributed by atoms with Gasteiger partial charge in [0, 0.05) is 6.20 Å². The van der Waals surface area contributed by atoms with Crippen molar-refractivity contribution in [3.8, 4) is 0 Å². The number of nitrogens with zero attached hydrogens (tertiary/aromatic N) is 1. The van der Waals surface area contributed by atoms with Gasteiger partial charge in [-0.1, -0.05) is 0 Å². The molecule has 0 saturated carbocycles. The van der Waals surface area contributed by atoms with Crippen molar-refractivity contribution in [3.63, 3.8) is 0 Å². The fraction of sp³-hybridized carbons (Fsp3) is 0.400. The van der Waals surface area contributed by atoms with E-state index in [0.29, 0.717) is 0 Å². The van der Waals surface area contributed by atoms with E-state index in [1.807, 2.05) is 0 Å². The number of amides is 1. The van der Waals surface area contributed by atoms with Crippen LogP contribution in [0.4, 0.5) is 4.39 Å². The first-order valence-corrected chi connectivity index (χ1v) is 4.49. The zero-order valence-corrected chi connectivity index (χ0v) is 8.87. The Morgan fingerprint density at radius 3 is 2.73 bits per heavy atom. The maximum atomic E-state index is 13.0. The smallest absolute Gasteiger partial charge is 0.268 e. The summed E-state index contributed by atoms with van der Waals surface area (Å²) in [6, 6.07) is 2.82. The predicted molar refractivity (Wildman–Crippen MR) is 52.5 cm³/mol. The highest BCUT2D eigenvalue weighted by Crippen LogP contribution is 2.06. The summed E-state index contributed by atoms with van der Waals surface area (Å²) in [5.74, 6) is -1.46. The minimum Gasteiger partial charge on any atom is -0.268 e. The second-order valence-electron chi connectivity index (χ2n) is 3.99. The van der Waals surface area contributed by atoms with Crippen molar-refractivity contribution in [3.05, 3.63) is 29.8 Å². The molecule has 1 aromatic rings. The molecule has 0 fully saturated rings. The summed E-state index contributed by atoms with van der Waals surface area (Å²) in [6.45, 7) is 5.31. The number of hydrogen-bond acceptors (Lipinski definition) is 3. The molecule has 0 spiro atoms. The third kappa shape index (κ3) is 3.63. The summed E-state index contributed by atoms with van der Waals surface area (Å²) in [7, 11) is 0. The molecular weight excluding hydrogens is 199 g/mol. The van der Waals surface area contributed by atoms with Crippen LogP contribution in [-0.2, 0) is 4.84 Å². The number of aromatic nitrogens is 1. The number of pyridine rings is 1. The number of halogens is 1. The maximum absolute atomic E-state index is 13.0. The molecule has 1 rings (SSSR count). The van der Waals surface area contributed by atoms with Crippen molar-refractivity contribution in [1.29, 1.82) is 0 Å². The fourth-order valence-corrected chi connectivity index (χ4v) is 0.810. The molecule has 1 heterocycles. The number of carbonyl (C=O) groups excluding carboxylic acids is 1. The topological polar surface area (TPSA) is 51.2 Å². The number of hydrogen-bond donors (Lipinski definition) is 1. The van der Waals surface area contributed by atoms with E-state index in [2.05, 4.69) is 10.5 Å². The van der Waals surface area contributed by atoms with Gasteiger partial charge >= 0.3 is 0 Å². The molecule has 0 saturated heterocycles. The van der Waals surface area contributed by atoms with Crippen LogP contribution in [0.5, 0.6) is 0 Å². The van der Waals surface area contributed by atoms with Crippen LogP contribution < -0.4 is 5.48 Å². The highest BCUT2D eigenvalue weighted by molar-refractivity contribution is 5.93. The Morgan fingerprint density at radius 1 is 1.53 bits per heavy atom. The lowest BCUT2D eigenvalue weighted by Gasteiger charge is -2.18. The molecule has 0 radical (unpaired) electrons. The van der Waals surface area contributed by atoms with E-state index in [-0.39, 0.29) is 5.56 Å². The van der Waals surface area contributed by atoms with Crippen LogP contribution in [0.15, 0.2) is 18.3 Å². The predicted octanol–water partition coefficient (Wildman–Crippen LogP) is 1.68. The Balaban J connectivity index is 2.66. The van der Waals surface area contributed by atoms with Crippen molar-refractivity contribution in [1.82, 2.24) is 10.5 Å². The molecule has 0 aliphatic heterocycles. The molecule has 0 aromatic carbocycles. The van der Waals surface area contributed by atoms with Gasteiger partial charge in [-0.05, 0) is 32.9 Å². The van der Waals surface area contributed by atoms with Gasteiger partial charge in [-0.25, -0.2) is 10.5 Å². The zero-order chi connectivity index (χ0) is 11.5. The fourth-order valence-electron chi connectivity index (χ4n) is 0.810. The Kier molecular flexibility index (Phi) is 3.36. The van der Waals surface area contributed by atoms with E-state index < -0.39 is 17.5 Å². The van der Waals surface area contributed by atoms with Gasteiger partial charge in [0.1, 0.15) is 0 Å². The SMILES string of the molecule is CC(C)(C)ONC(=O)c1cccnc1F. The zero-order valence-electron chi connectivity index (χ0n) is 8.87. The van der Waals surface area contributed by atoms with Crippen LogP contribution in [0.1, 0.15) is 31.1 Å². The van der Waals surface area contributed by atoms with Crippen molar-refractivity contribution in [2.75, 3.05) is 0 Å². The van der Waals surface area contributed by atoms with Crippen LogP contribution >= 0.6 is 0 Å². The first kappa shape index (κ1) is 11.6. The van der Waals surface area contributed by atoms with Gasteiger partial charge in [-0.3, -0.25) is 9.63 Å². The minimum absolute atomic E-state index is 0.137. The number of hydroxylamine groups is 1. The number of nitrogens with one attached hydrogen (secondary N) is 1. The molecule has 0 aliphatic carbocycles. The van der Waals surface area contributed by atoms with E-state index >= 15 is 0 Å². The second-order valence-corrected chi connectivity index (χ2v) is 3.99. The molecule has 1 amide bonds. The summed E-state index contributed by atoms with van der Waals surface area (Å²) < 4.78 is 13.0. The van der Waals surface area contributed by atoms with Gasteiger partial charge in [0.05, 0.1) is 11.2 Å². The van der Waals surface area contributed by atoms with E-state index in [1.165, 1.54) is 18.3 Å². The van der Waals surface area contributed by atoms with Gasteiger partial charge in [-0.2, -0.15) is 4.39 Å². The second kappa shape index (κ2) is 4.35. The minimum atomic E-state index is -0.812. The molecular formula is C10H13FN2O2. The summed E-state index contributed by atoms with van der Waals surface area (Å²) in [6.07, 6.45) is 1.27. The third-order valence-electron chi connectivity index (χ3n) is 1.45. The Morgan fingerprint density at radius 2 is 2.20 bits per heavy atom. The monoisotopic (exact) mass is 212 g/mol. The van der Waals surface area contributed by atoms with Crippen molar-refractivity contribution >= 4 is 5.91 Å². The lowest BCUT2D eigenvalue weighted by atomic mass is 10.2. The molecule has 1 N–H and O–H groups in total. The standard InChI is InChI=1S/C10H13FN2O2/c1-10(2,3)15-13-9(14)7-5-4-6-12-8(7)11/h4-6H,1-3H3,(H,13,14). The lowest BCUT2D eigenvalue weighted by Crippen LogP contribution is -2.34. The number of carbonyl (C=O) groups is 1. The lowest BCUT2D eigenvalue weighted by molar-refractivity contribution is -0.0591. The van der Waals surface area contributed by atoms with E-state index in [9.17, 15) is 9.18 Å². The molecule has 15 heavy (non-hydrogen) atoms. The Labute approximate surface area is 87.4 Å². The molecule has 0 aliphatic rings. The quantitative estimate of drug-likeness (QED) is 0.599. The normalized spacial score (nSPS) is 11.2. The molecule has 82 valence electrons. The van der Waals surface area contributed by atoms with Crippen molar-refractivity contribution < 1.29 is 14.0 Å². The molecule has 0 bridgehead atoms. The van der Waals surface area contributed by atoms with E-state index in [4.69, 9.17) is 4.84 Å². The largest absolute Gasteiger partial charge is 0.279 e. The Hall–Kier alpha value is -1.49. The summed E-state index contributed by atoms with van der Waals surface area (Å²) in [4.78, 5) is 19.8. The van der Waals surface area contributed by atoms with Gasteiger partial charge < -0.3 is 0 Å². The first-order valence-electron chi connectivity index (χ1n) is 4.49. The van der Waals surface area contributed by atoms with Crippen LogP contribution in [0.2, 0.25) is 0 Å². The molecule has 4 nitrogen and oxygen atoms in total. The first-order chi connectivity index (χ1) is 6.90. The van der Waals surface area contributed by atoms with Crippen LogP contribution in [0.25, 0.3) is 0 Å². The molecule has 1 aromatic heterocycles. The molecule has 5 heteroatoms. The van der Waals surface area contributed by atoms with Gasteiger partial charge in [0.15, 0.2) is 0 Å². The van der Waals surface area contributed by atoms with Gasteiger partial charge in [-0.15, -0.1) is 0 Å². The van der Waals surface area contributed by atoms with Crippen molar-refractivity contribution in [2.24, 2.45) is 0 Å². The van der Waals surface area contributed by atoms with Gasteiger partial charge in [0.2, 0.25) is 5.95 Å². The third-order valence-corrected chi connectivity index (χ3v) is 1.45. The summed E-state index contributed by atoms with van der Waals surface area (Å²) in [5, 5.41) is 0. The summed E-state index contributed by atoms with van der Waals surface area (Å²) in [5.41, 5.74) is 1.50.